The molecule has 1 N–H and O–H groups in total. The molecule has 2 aromatic rings. The van der Waals surface area contributed by atoms with Crippen molar-refractivity contribution in [2.45, 2.75) is 25.8 Å². The number of ketones is 1. The highest BCUT2D eigenvalue weighted by Crippen LogP contribution is 2.15. The van der Waals surface area contributed by atoms with Gasteiger partial charge in [0.05, 0.1) is 10.9 Å². The summed E-state index contributed by atoms with van der Waals surface area (Å²) in [7, 11) is 0. The molecule has 0 fully saturated rings. The highest BCUT2D eigenvalue weighted by Gasteiger charge is 2.13. The van der Waals surface area contributed by atoms with Crippen molar-refractivity contribution in [1.82, 2.24) is 5.32 Å². The van der Waals surface area contributed by atoms with E-state index in [2.05, 4.69) is 5.32 Å². The Morgan fingerprint density at radius 3 is 2.52 bits per heavy atom. The average Bonchev–Trinajstić information content (AvgIpc) is 2.99. The Balaban J connectivity index is 1.81. The van der Waals surface area contributed by atoms with Crippen LogP contribution in [0.2, 0.25) is 0 Å². The lowest BCUT2D eigenvalue weighted by Gasteiger charge is -2.14. The second-order valence-corrected chi connectivity index (χ2v) is 5.69. The zero-order valence-electron chi connectivity index (χ0n) is 11.6. The second-order valence-electron chi connectivity index (χ2n) is 4.74. The largest absolute Gasteiger partial charge is 0.350 e. The SMILES string of the molecule is C[C@@H](NC(=O)CCC(=O)c1cccs1)c1ccc(F)cc1. The summed E-state index contributed by atoms with van der Waals surface area (Å²) in [6.07, 6.45) is 0.352. The molecule has 0 spiro atoms. The third-order valence-corrected chi connectivity index (χ3v) is 4.03. The van der Waals surface area contributed by atoms with Crippen LogP contribution in [0.5, 0.6) is 0 Å². The quantitative estimate of drug-likeness (QED) is 0.827. The van der Waals surface area contributed by atoms with Crippen LogP contribution >= 0.6 is 11.3 Å². The molecule has 5 heteroatoms. The van der Waals surface area contributed by atoms with Crippen LogP contribution in [-0.4, -0.2) is 11.7 Å². The molecule has 1 heterocycles. The standard InChI is InChI=1S/C16H16FNO2S/c1-11(12-4-6-13(17)7-5-12)18-16(20)9-8-14(19)15-3-2-10-21-15/h2-7,10-11H,8-9H2,1H3,(H,18,20)/t11-/m1/s1. The van der Waals surface area contributed by atoms with E-state index in [0.29, 0.717) is 4.88 Å². The first-order valence-electron chi connectivity index (χ1n) is 6.68. The average molecular weight is 305 g/mol. The van der Waals surface area contributed by atoms with Gasteiger partial charge in [0.1, 0.15) is 5.82 Å². The van der Waals surface area contributed by atoms with Gasteiger partial charge in [0.2, 0.25) is 5.91 Å². The molecule has 0 aliphatic rings. The maximum absolute atomic E-state index is 12.8. The van der Waals surface area contributed by atoms with Gasteiger partial charge in [-0.25, -0.2) is 4.39 Å². The number of benzene rings is 1. The van der Waals surface area contributed by atoms with Crippen LogP contribution in [0.15, 0.2) is 41.8 Å². The number of nitrogens with one attached hydrogen (secondary N) is 1. The van der Waals surface area contributed by atoms with Crippen molar-refractivity contribution >= 4 is 23.0 Å². The molecule has 0 saturated heterocycles. The minimum absolute atomic E-state index is 0.0189. The first-order chi connectivity index (χ1) is 10.1. The van der Waals surface area contributed by atoms with Crippen LogP contribution < -0.4 is 5.32 Å². The van der Waals surface area contributed by atoms with Gasteiger partial charge in [-0.1, -0.05) is 18.2 Å². The van der Waals surface area contributed by atoms with Gasteiger partial charge in [-0.15, -0.1) is 11.3 Å². The normalized spacial score (nSPS) is 11.9. The van der Waals surface area contributed by atoms with Gasteiger partial charge in [-0.2, -0.15) is 0 Å². The van der Waals surface area contributed by atoms with Crippen LogP contribution in [0, 0.1) is 5.82 Å². The molecule has 1 aromatic heterocycles. The molecule has 0 aliphatic carbocycles. The van der Waals surface area contributed by atoms with Crippen molar-refractivity contribution in [3.63, 3.8) is 0 Å². The van der Waals surface area contributed by atoms with Gasteiger partial charge in [0.25, 0.3) is 0 Å². The van der Waals surface area contributed by atoms with Crippen LogP contribution in [0.3, 0.4) is 0 Å². The topological polar surface area (TPSA) is 46.2 Å². The number of rotatable bonds is 6. The predicted octanol–water partition coefficient (Wildman–Crippen LogP) is 3.73. The Bertz CT molecular complexity index is 608. The zero-order chi connectivity index (χ0) is 15.2. The van der Waals surface area contributed by atoms with Gasteiger partial charge in [-0.3, -0.25) is 9.59 Å². The van der Waals surface area contributed by atoms with E-state index in [4.69, 9.17) is 0 Å². The molecular formula is C16H16FNO2S. The summed E-state index contributed by atoms with van der Waals surface area (Å²) in [5.74, 6) is -0.509. The van der Waals surface area contributed by atoms with E-state index in [1.807, 2.05) is 18.4 Å². The fourth-order valence-electron chi connectivity index (χ4n) is 1.94. The summed E-state index contributed by atoms with van der Waals surface area (Å²) in [6.45, 7) is 1.83. The molecule has 0 bridgehead atoms. The lowest BCUT2D eigenvalue weighted by molar-refractivity contribution is -0.121. The van der Waals surface area contributed by atoms with Crippen molar-refractivity contribution in [3.05, 3.63) is 58.0 Å². The molecule has 0 saturated carbocycles. The summed E-state index contributed by atoms with van der Waals surface area (Å²) >= 11 is 1.38. The summed E-state index contributed by atoms with van der Waals surface area (Å²) in [5, 5.41) is 4.64. The Hall–Kier alpha value is -2.01. The minimum Gasteiger partial charge on any atom is -0.350 e. The molecule has 3 nitrogen and oxygen atoms in total. The fourth-order valence-corrected chi connectivity index (χ4v) is 2.63. The van der Waals surface area contributed by atoms with Gasteiger partial charge < -0.3 is 5.32 Å². The van der Waals surface area contributed by atoms with Crippen molar-refractivity contribution in [2.24, 2.45) is 0 Å². The van der Waals surface area contributed by atoms with Crippen LogP contribution in [-0.2, 0) is 4.79 Å². The Morgan fingerprint density at radius 2 is 1.90 bits per heavy atom. The molecule has 1 atom stereocenters. The number of Topliss-reactive ketones (excluding diaryl/α,β-unsaturated/α-hetero) is 1. The maximum Gasteiger partial charge on any atom is 0.220 e. The van der Waals surface area contributed by atoms with E-state index >= 15 is 0 Å². The summed E-state index contributed by atoms with van der Waals surface area (Å²) in [5.41, 5.74) is 0.828. The first kappa shape index (κ1) is 15.4. The van der Waals surface area contributed by atoms with E-state index in [-0.39, 0.29) is 36.4 Å². The molecule has 0 unspecified atom stereocenters. The maximum atomic E-state index is 12.8. The van der Waals surface area contributed by atoms with Crippen molar-refractivity contribution < 1.29 is 14.0 Å². The van der Waals surface area contributed by atoms with Crippen molar-refractivity contribution in [2.75, 3.05) is 0 Å². The summed E-state index contributed by atoms with van der Waals surface area (Å²) in [4.78, 5) is 24.3. The molecule has 1 amide bonds. The number of thiophene rings is 1. The van der Waals surface area contributed by atoms with Crippen molar-refractivity contribution in [3.8, 4) is 0 Å². The molecule has 0 aliphatic heterocycles. The third kappa shape index (κ3) is 4.49. The first-order valence-corrected chi connectivity index (χ1v) is 7.56. The number of carbonyl (C=O) groups is 2. The Morgan fingerprint density at radius 1 is 1.19 bits per heavy atom. The molecular weight excluding hydrogens is 289 g/mol. The summed E-state index contributed by atoms with van der Waals surface area (Å²) in [6, 6.07) is 9.35. The Kier molecular flexibility index (Phi) is 5.22. The van der Waals surface area contributed by atoms with E-state index < -0.39 is 0 Å². The molecule has 21 heavy (non-hydrogen) atoms. The van der Waals surface area contributed by atoms with E-state index in [9.17, 15) is 14.0 Å². The monoisotopic (exact) mass is 305 g/mol. The number of halogens is 1. The van der Waals surface area contributed by atoms with Crippen molar-refractivity contribution in [1.29, 1.82) is 0 Å². The molecule has 2 rings (SSSR count). The predicted molar refractivity (Wildman–Crippen MR) is 80.8 cm³/mol. The molecule has 1 aromatic carbocycles. The van der Waals surface area contributed by atoms with Crippen LogP contribution in [0.1, 0.15) is 41.0 Å². The highest BCUT2D eigenvalue weighted by molar-refractivity contribution is 7.12. The van der Waals surface area contributed by atoms with E-state index in [0.717, 1.165) is 5.56 Å². The smallest absolute Gasteiger partial charge is 0.220 e. The number of hydrogen-bond acceptors (Lipinski definition) is 3. The van der Waals surface area contributed by atoms with Gasteiger partial charge in [0.15, 0.2) is 5.78 Å². The number of hydrogen-bond donors (Lipinski definition) is 1. The Labute approximate surface area is 126 Å². The second kappa shape index (κ2) is 7.13. The lowest BCUT2D eigenvalue weighted by Crippen LogP contribution is -2.26. The minimum atomic E-state index is -0.307. The fraction of sp³-hybridized carbons (Fsp3) is 0.250. The van der Waals surface area contributed by atoms with Gasteiger partial charge >= 0.3 is 0 Å². The molecule has 110 valence electrons. The van der Waals surface area contributed by atoms with E-state index in [1.165, 1.54) is 23.5 Å². The highest BCUT2D eigenvalue weighted by atomic mass is 32.1. The lowest BCUT2D eigenvalue weighted by atomic mass is 10.1. The molecule has 0 radical (unpaired) electrons. The zero-order valence-corrected chi connectivity index (χ0v) is 12.5. The van der Waals surface area contributed by atoms with Crippen LogP contribution in [0.4, 0.5) is 4.39 Å². The number of amides is 1. The number of carbonyl (C=O) groups excluding carboxylic acids is 2. The van der Waals surface area contributed by atoms with Crippen LogP contribution in [0.25, 0.3) is 0 Å². The third-order valence-electron chi connectivity index (χ3n) is 3.12. The van der Waals surface area contributed by atoms with Gasteiger partial charge in [-0.05, 0) is 36.1 Å². The van der Waals surface area contributed by atoms with Gasteiger partial charge in [0, 0.05) is 12.8 Å². The van der Waals surface area contributed by atoms with E-state index in [1.54, 1.807) is 18.2 Å². The summed E-state index contributed by atoms with van der Waals surface area (Å²) < 4.78 is 12.8.